The van der Waals surface area contributed by atoms with Gasteiger partial charge in [-0.2, -0.15) is 0 Å². The Bertz CT molecular complexity index is 993. The van der Waals surface area contributed by atoms with Crippen molar-refractivity contribution in [3.05, 3.63) is 71.5 Å². The third-order valence-corrected chi connectivity index (χ3v) is 7.65. The van der Waals surface area contributed by atoms with E-state index in [1.54, 1.807) is 0 Å². The van der Waals surface area contributed by atoms with Gasteiger partial charge in [0.1, 0.15) is 5.82 Å². The van der Waals surface area contributed by atoms with Crippen molar-refractivity contribution in [1.82, 2.24) is 0 Å². The molecule has 0 bridgehead atoms. The molecule has 170 valence electrons. The van der Waals surface area contributed by atoms with Crippen molar-refractivity contribution in [2.24, 2.45) is 11.8 Å². The smallest absolute Gasteiger partial charge is 0.138 e. The van der Waals surface area contributed by atoms with Crippen LogP contribution in [-0.2, 0) is 6.42 Å². The molecule has 0 nitrogen and oxygen atoms in total. The number of aryl methyl sites for hydroxylation is 2. The van der Waals surface area contributed by atoms with E-state index < -0.39 is 0 Å². The number of rotatable bonds is 9. The van der Waals surface area contributed by atoms with Crippen molar-refractivity contribution < 1.29 is 4.39 Å². The monoisotopic (exact) mass is 430 g/mol. The third-order valence-electron chi connectivity index (χ3n) is 7.65. The van der Waals surface area contributed by atoms with Crippen LogP contribution in [-0.4, -0.2) is 0 Å². The highest BCUT2D eigenvalue weighted by atomic mass is 19.1. The van der Waals surface area contributed by atoms with Gasteiger partial charge >= 0.3 is 0 Å². The average Bonchev–Trinajstić information content (AvgIpc) is 2.82. The molecule has 0 radical (unpaired) electrons. The molecule has 1 saturated carbocycles. The Morgan fingerprint density at radius 2 is 1.50 bits per heavy atom. The fourth-order valence-corrected chi connectivity index (χ4v) is 5.49. The second kappa shape index (κ2) is 11.1. The van der Waals surface area contributed by atoms with Crippen LogP contribution in [0.4, 0.5) is 4.39 Å². The molecule has 1 aliphatic rings. The van der Waals surface area contributed by atoms with Crippen LogP contribution >= 0.6 is 0 Å². The molecule has 0 heterocycles. The molecule has 0 N–H and O–H groups in total. The highest BCUT2D eigenvalue weighted by Crippen LogP contribution is 2.35. The summed E-state index contributed by atoms with van der Waals surface area (Å²) in [6.45, 7) is 4.35. The van der Waals surface area contributed by atoms with Crippen molar-refractivity contribution in [3.63, 3.8) is 0 Å². The Morgan fingerprint density at radius 3 is 2.22 bits per heavy atom. The second-order valence-electron chi connectivity index (χ2n) is 10.1. The molecule has 0 unspecified atom stereocenters. The van der Waals surface area contributed by atoms with E-state index in [1.165, 1.54) is 75.3 Å². The lowest BCUT2D eigenvalue weighted by Gasteiger charge is -2.28. The van der Waals surface area contributed by atoms with Crippen LogP contribution in [0.5, 0.6) is 0 Å². The molecule has 0 amide bonds. The lowest BCUT2D eigenvalue weighted by atomic mass is 9.77. The fourth-order valence-electron chi connectivity index (χ4n) is 5.49. The highest BCUT2D eigenvalue weighted by Gasteiger charge is 2.20. The Labute approximate surface area is 194 Å². The standard InChI is InChI=1S/C31H39F/c1-3-4-5-6-7-24-10-12-25(13-11-24)14-15-26-16-20-30-28(22-26)19-21-29(31(30)32)27-17-8-23(2)9-18-27/h8-9,16-22,24-25H,3-7,10-15H2,1-2H3/t24-,25-. The summed E-state index contributed by atoms with van der Waals surface area (Å²) < 4.78 is 15.2. The van der Waals surface area contributed by atoms with Crippen molar-refractivity contribution in [3.8, 4) is 11.1 Å². The summed E-state index contributed by atoms with van der Waals surface area (Å²) in [5, 5.41) is 1.75. The predicted molar refractivity (Wildman–Crippen MR) is 137 cm³/mol. The summed E-state index contributed by atoms with van der Waals surface area (Å²) >= 11 is 0. The summed E-state index contributed by atoms with van der Waals surface area (Å²) in [4.78, 5) is 0. The summed E-state index contributed by atoms with van der Waals surface area (Å²) in [5.74, 6) is 1.75. The van der Waals surface area contributed by atoms with Gasteiger partial charge in [-0.25, -0.2) is 4.39 Å². The zero-order chi connectivity index (χ0) is 22.3. The number of fused-ring (bicyclic) bond motifs is 1. The van der Waals surface area contributed by atoms with Crippen LogP contribution in [0.1, 0.15) is 82.3 Å². The molecule has 32 heavy (non-hydrogen) atoms. The van der Waals surface area contributed by atoms with Gasteiger partial charge in [0.15, 0.2) is 0 Å². The topological polar surface area (TPSA) is 0 Å². The van der Waals surface area contributed by atoms with Gasteiger partial charge < -0.3 is 0 Å². The third kappa shape index (κ3) is 5.80. The largest absolute Gasteiger partial charge is 0.206 e. The van der Waals surface area contributed by atoms with Crippen LogP contribution in [0.25, 0.3) is 21.9 Å². The summed E-state index contributed by atoms with van der Waals surface area (Å²) in [6, 6.07) is 18.5. The molecule has 0 aromatic heterocycles. The summed E-state index contributed by atoms with van der Waals surface area (Å²) in [6.07, 6.45) is 15.1. The van der Waals surface area contributed by atoms with E-state index >= 15 is 4.39 Å². The first-order valence-electron chi connectivity index (χ1n) is 12.9. The maximum atomic E-state index is 15.2. The normalized spacial score (nSPS) is 18.8. The number of benzene rings is 3. The Kier molecular flexibility index (Phi) is 8.00. The first kappa shape index (κ1) is 23.0. The van der Waals surface area contributed by atoms with Gasteiger partial charge in [-0.3, -0.25) is 0 Å². The summed E-state index contributed by atoms with van der Waals surface area (Å²) in [5.41, 5.74) is 4.18. The van der Waals surface area contributed by atoms with E-state index in [-0.39, 0.29) is 5.82 Å². The molecule has 3 aromatic carbocycles. The van der Waals surface area contributed by atoms with E-state index in [0.717, 1.165) is 34.6 Å². The SMILES string of the molecule is CCCCCC[C@H]1CC[C@H](CCc2ccc3c(F)c(-c4ccc(C)cc4)ccc3c2)CC1. The van der Waals surface area contributed by atoms with Gasteiger partial charge in [0.2, 0.25) is 0 Å². The Hall–Kier alpha value is -2.15. The molecule has 1 fully saturated rings. The van der Waals surface area contributed by atoms with Crippen LogP contribution < -0.4 is 0 Å². The first-order valence-corrected chi connectivity index (χ1v) is 12.9. The quantitative estimate of drug-likeness (QED) is 0.296. The zero-order valence-corrected chi connectivity index (χ0v) is 20.0. The number of unbranched alkanes of at least 4 members (excludes halogenated alkanes) is 3. The molecular weight excluding hydrogens is 391 g/mol. The van der Waals surface area contributed by atoms with Gasteiger partial charge in [-0.15, -0.1) is 0 Å². The second-order valence-corrected chi connectivity index (χ2v) is 10.1. The molecule has 1 heteroatoms. The van der Waals surface area contributed by atoms with Crippen LogP contribution in [0.2, 0.25) is 0 Å². The maximum absolute atomic E-state index is 15.2. The van der Waals surface area contributed by atoms with Crippen LogP contribution in [0, 0.1) is 24.6 Å². The van der Waals surface area contributed by atoms with Gasteiger partial charge in [0, 0.05) is 10.9 Å². The van der Waals surface area contributed by atoms with E-state index in [9.17, 15) is 0 Å². The predicted octanol–water partition coefficient (Wildman–Crippen LogP) is 9.66. The minimum Gasteiger partial charge on any atom is -0.206 e. The summed E-state index contributed by atoms with van der Waals surface area (Å²) in [7, 11) is 0. The first-order chi connectivity index (χ1) is 15.6. The van der Waals surface area contributed by atoms with Gasteiger partial charge in [0.05, 0.1) is 0 Å². The lowest BCUT2D eigenvalue weighted by Crippen LogP contribution is -2.15. The molecule has 0 atom stereocenters. The van der Waals surface area contributed by atoms with Crippen LogP contribution in [0.15, 0.2) is 54.6 Å². The zero-order valence-electron chi connectivity index (χ0n) is 20.0. The molecular formula is C31H39F. The van der Waals surface area contributed by atoms with Crippen molar-refractivity contribution in [2.45, 2.75) is 84.5 Å². The molecule has 3 aromatic rings. The van der Waals surface area contributed by atoms with Gasteiger partial charge in [-0.1, -0.05) is 125 Å². The van der Waals surface area contributed by atoms with E-state index in [1.807, 2.05) is 36.4 Å². The number of halogens is 1. The maximum Gasteiger partial charge on any atom is 0.138 e. The van der Waals surface area contributed by atoms with Crippen molar-refractivity contribution in [2.75, 3.05) is 0 Å². The number of hydrogen-bond donors (Lipinski definition) is 0. The van der Waals surface area contributed by atoms with Crippen LogP contribution in [0.3, 0.4) is 0 Å². The lowest BCUT2D eigenvalue weighted by molar-refractivity contribution is 0.249. The Balaban J connectivity index is 1.33. The minimum atomic E-state index is -0.102. The van der Waals surface area contributed by atoms with Crippen molar-refractivity contribution >= 4 is 10.8 Å². The van der Waals surface area contributed by atoms with Gasteiger partial charge in [-0.05, 0) is 48.1 Å². The Morgan fingerprint density at radius 1 is 0.781 bits per heavy atom. The molecule has 4 rings (SSSR count). The van der Waals surface area contributed by atoms with E-state index in [4.69, 9.17) is 0 Å². The average molecular weight is 431 g/mol. The molecule has 0 saturated heterocycles. The van der Waals surface area contributed by atoms with E-state index in [0.29, 0.717) is 5.56 Å². The molecule has 0 spiro atoms. The number of hydrogen-bond acceptors (Lipinski definition) is 0. The fraction of sp³-hybridized carbons (Fsp3) is 0.484. The van der Waals surface area contributed by atoms with Crippen molar-refractivity contribution in [1.29, 1.82) is 0 Å². The molecule has 1 aliphatic carbocycles. The van der Waals surface area contributed by atoms with Gasteiger partial charge in [0.25, 0.3) is 0 Å². The molecule has 0 aliphatic heterocycles. The minimum absolute atomic E-state index is 0.102. The van der Waals surface area contributed by atoms with E-state index in [2.05, 4.69) is 32.0 Å². The highest BCUT2D eigenvalue weighted by molar-refractivity contribution is 5.88.